The highest BCUT2D eigenvalue weighted by atomic mass is 35.5. The fourth-order valence-electron chi connectivity index (χ4n) is 2.63. The Morgan fingerprint density at radius 1 is 1.22 bits per heavy atom. The molecule has 126 valence electrons. The van der Waals surface area contributed by atoms with Crippen LogP contribution in [0.25, 0.3) is 0 Å². The van der Waals surface area contributed by atoms with Crippen LogP contribution in [0.15, 0.2) is 28.8 Å². The number of hydrogen-bond donors (Lipinski definition) is 1. The number of rotatable bonds is 6. The second kappa shape index (κ2) is 8.84. The number of nitrogens with zero attached hydrogens (tertiary/aromatic N) is 2. The average molecular weight is 342 g/mol. The molecule has 0 aliphatic carbocycles. The predicted octanol–water partition coefficient (Wildman–Crippen LogP) is 3.14. The normalized spacial score (nSPS) is 15.2. The van der Waals surface area contributed by atoms with Gasteiger partial charge in [-0.25, -0.2) is 4.39 Å². The maximum atomic E-state index is 12.8. The quantitative estimate of drug-likeness (QED) is 0.874. The van der Waals surface area contributed by atoms with Crippen molar-refractivity contribution in [2.45, 2.75) is 32.3 Å². The lowest BCUT2D eigenvalue weighted by atomic mass is 9.93. The Kier molecular flexibility index (Phi) is 6.80. The molecule has 1 aromatic heterocycles. The molecule has 0 radical (unpaired) electrons. The summed E-state index contributed by atoms with van der Waals surface area (Å²) < 4.78 is 23.5. The minimum absolute atomic E-state index is 0. The molecule has 23 heavy (non-hydrogen) atoms. The van der Waals surface area contributed by atoms with Gasteiger partial charge in [-0.3, -0.25) is 0 Å². The minimum Gasteiger partial charge on any atom is -0.485 e. The molecule has 5 nitrogen and oxygen atoms in total. The van der Waals surface area contributed by atoms with Crippen molar-refractivity contribution in [3.05, 3.63) is 41.8 Å². The van der Waals surface area contributed by atoms with Crippen LogP contribution in [0.1, 0.15) is 31.0 Å². The number of piperidine rings is 1. The number of nitrogens with one attached hydrogen (secondary N) is 1. The van der Waals surface area contributed by atoms with E-state index in [9.17, 15) is 4.39 Å². The molecule has 1 N–H and O–H groups in total. The molecule has 1 saturated heterocycles. The van der Waals surface area contributed by atoms with E-state index in [1.54, 1.807) is 12.1 Å². The second-order valence-electron chi connectivity index (χ2n) is 5.58. The van der Waals surface area contributed by atoms with Crippen LogP contribution in [0.2, 0.25) is 0 Å². The third kappa shape index (κ3) is 5.48. The van der Waals surface area contributed by atoms with Gasteiger partial charge >= 0.3 is 0 Å². The van der Waals surface area contributed by atoms with Crippen molar-refractivity contribution in [1.29, 1.82) is 0 Å². The van der Waals surface area contributed by atoms with Crippen molar-refractivity contribution >= 4 is 12.4 Å². The summed E-state index contributed by atoms with van der Waals surface area (Å²) in [6.07, 6.45) is 4.33. The van der Waals surface area contributed by atoms with Crippen molar-refractivity contribution in [3.63, 3.8) is 0 Å². The summed E-state index contributed by atoms with van der Waals surface area (Å²) in [6, 6.07) is 5.87. The Morgan fingerprint density at radius 3 is 2.70 bits per heavy atom. The van der Waals surface area contributed by atoms with Gasteiger partial charge in [0.25, 0.3) is 0 Å². The standard InChI is InChI=1S/C16H20FN3O2.ClH/c17-13-2-4-14(5-3-13)21-11-15-19-16(22-20-15)6-1-12-7-9-18-10-8-12;/h2-5,12,18H,1,6-11H2;1H. The zero-order chi connectivity index (χ0) is 15.2. The second-order valence-corrected chi connectivity index (χ2v) is 5.58. The molecule has 0 amide bonds. The Bertz CT molecular complexity index is 585. The first-order valence-electron chi connectivity index (χ1n) is 7.70. The highest BCUT2D eigenvalue weighted by Gasteiger charge is 2.15. The van der Waals surface area contributed by atoms with Crippen LogP contribution in [0.3, 0.4) is 0 Å². The molecule has 0 spiro atoms. The molecular formula is C16H21ClFN3O2. The van der Waals surface area contributed by atoms with Crippen molar-refractivity contribution in [1.82, 2.24) is 15.5 Å². The van der Waals surface area contributed by atoms with Gasteiger partial charge in [-0.05, 0) is 62.5 Å². The highest BCUT2D eigenvalue weighted by Crippen LogP contribution is 2.18. The van der Waals surface area contributed by atoms with E-state index in [4.69, 9.17) is 9.26 Å². The maximum absolute atomic E-state index is 12.8. The Labute approximate surface area is 141 Å². The fourth-order valence-corrected chi connectivity index (χ4v) is 2.63. The summed E-state index contributed by atoms with van der Waals surface area (Å²) in [7, 11) is 0. The van der Waals surface area contributed by atoms with E-state index in [1.807, 2.05) is 0 Å². The smallest absolute Gasteiger partial charge is 0.226 e. The summed E-state index contributed by atoms with van der Waals surface area (Å²) in [4.78, 5) is 4.33. The van der Waals surface area contributed by atoms with Crippen LogP contribution >= 0.6 is 12.4 Å². The number of aromatic nitrogens is 2. The van der Waals surface area contributed by atoms with Crippen molar-refractivity contribution < 1.29 is 13.7 Å². The van der Waals surface area contributed by atoms with Gasteiger partial charge in [-0.15, -0.1) is 12.4 Å². The molecular weight excluding hydrogens is 321 g/mol. The van der Waals surface area contributed by atoms with Gasteiger partial charge in [0.15, 0.2) is 6.61 Å². The number of halogens is 2. The summed E-state index contributed by atoms with van der Waals surface area (Å²) in [5.41, 5.74) is 0. The van der Waals surface area contributed by atoms with Gasteiger partial charge in [0.2, 0.25) is 11.7 Å². The Morgan fingerprint density at radius 2 is 1.96 bits per heavy atom. The summed E-state index contributed by atoms with van der Waals surface area (Å²) in [6.45, 7) is 2.43. The van der Waals surface area contributed by atoms with Crippen LogP contribution in [-0.4, -0.2) is 23.2 Å². The summed E-state index contributed by atoms with van der Waals surface area (Å²) in [5.74, 6) is 2.22. The van der Waals surface area contributed by atoms with Crippen molar-refractivity contribution in [3.8, 4) is 5.75 Å². The summed E-state index contributed by atoms with van der Waals surface area (Å²) >= 11 is 0. The molecule has 1 aliphatic heterocycles. The summed E-state index contributed by atoms with van der Waals surface area (Å²) in [5, 5.41) is 7.28. The van der Waals surface area contributed by atoms with Crippen molar-refractivity contribution in [2.75, 3.05) is 13.1 Å². The first-order valence-corrected chi connectivity index (χ1v) is 7.70. The van der Waals surface area contributed by atoms with Crippen LogP contribution in [-0.2, 0) is 13.0 Å². The van der Waals surface area contributed by atoms with Crippen molar-refractivity contribution in [2.24, 2.45) is 5.92 Å². The van der Waals surface area contributed by atoms with Gasteiger partial charge in [-0.2, -0.15) is 4.98 Å². The van der Waals surface area contributed by atoms with E-state index in [0.717, 1.165) is 31.8 Å². The van der Waals surface area contributed by atoms with Crippen LogP contribution in [0, 0.1) is 11.7 Å². The molecule has 3 rings (SSSR count). The zero-order valence-corrected chi connectivity index (χ0v) is 13.7. The SMILES string of the molecule is Cl.Fc1ccc(OCc2noc(CCC3CCNCC3)n2)cc1. The topological polar surface area (TPSA) is 60.2 Å². The zero-order valence-electron chi connectivity index (χ0n) is 12.8. The van der Waals surface area contributed by atoms with E-state index in [-0.39, 0.29) is 24.8 Å². The van der Waals surface area contributed by atoms with Crippen LogP contribution < -0.4 is 10.1 Å². The average Bonchev–Trinajstić information content (AvgIpc) is 3.01. The molecule has 1 fully saturated rings. The number of ether oxygens (including phenoxy) is 1. The maximum Gasteiger partial charge on any atom is 0.226 e. The monoisotopic (exact) mass is 341 g/mol. The molecule has 2 aromatic rings. The van der Waals surface area contributed by atoms with E-state index in [0.29, 0.717) is 17.5 Å². The molecule has 0 atom stereocenters. The molecule has 0 saturated carbocycles. The van der Waals surface area contributed by atoms with E-state index in [2.05, 4.69) is 15.5 Å². The molecule has 1 aromatic carbocycles. The van der Waals surface area contributed by atoms with Gasteiger partial charge in [0.05, 0.1) is 0 Å². The molecule has 7 heteroatoms. The third-order valence-corrected chi connectivity index (χ3v) is 3.92. The fraction of sp³-hybridized carbons (Fsp3) is 0.500. The van der Waals surface area contributed by atoms with Crippen LogP contribution in [0.5, 0.6) is 5.75 Å². The van der Waals surface area contributed by atoms with Gasteiger partial charge < -0.3 is 14.6 Å². The van der Waals surface area contributed by atoms with Gasteiger partial charge in [0.1, 0.15) is 11.6 Å². The number of benzene rings is 1. The third-order valence-electron chi connectivity index (χ3n) is 3.92. The number of hydrogen-bond acceptors (Lipinski definition) is 5. The lowest BCUT2D eigenvalue weighted by Crippen LogP contribution is -2.27. The first-order chi connectivity index (χ1) is 10.8. The van der Waals surface area contributed by atoms with E-state index >= 15 is 0 Å². The minimum atomic E-state index is -0.285. The van der Waals surface area contributed by atoms with E-state index in [1.165, 1.54) is 25.0 Å². The Hall–Kier alpha value is -1.66. The lowest BCUT2D eigenvalue weighted by Gasteiger charge is -2.21. The molecule has 2 heterocycles. The van der Waals surface area contributed by atoms with E-state index < -0.39 is 0 Å². The predicted molar refractivity (Wildman–Crippen MR) is 86.2 cm³/mol. The molecule has 0 bridgehead atoms. The van der Waals surface area contributed by atoms with Crippen LogP contribution in [0.4, 0.5) is 4.39 Å². The van der Waals surface area contributed by atoms with Gasteiger partial charge in [-0.1, -0.05) is 5.16 Å². The molecule has 1 aliphatic rings. The molecule has 0 unspecified atom stereocenters. The lowest BCUT2D eigenvalue weighted by molar-refractivity contribution is 0.283. The highest BCUT2D eigenvalue weighted by molar-refractivity contribution is 5.85. The van der Waals surface area contributed by atoms with Gasteiger partial charge in [0, 0.05) is 6.42 Å². The number of aryl methyl sites for hydroxylation is 1. The Balaban J connectivity index is 0.00000192. The largest absolute Gasteiger partial charge is 0.485 e. The first kappa shape index (κ1) is 17.7.